The Morgan fingerprint density at radius 1 is 1.44 bits per heavy atom. The Morgan fingerprint density at radius 3 is 3.06 bits per heavy atom. The highest BCUT2D eigenvalue weighted by molar-refractivity contribution is 8.01. The number of hydrogen-bond donors (Lipinski definition) is 1. The van der Waals surface area contributed by atoms with Gasteiger partial charge in [0.2, 0.25) is 0 Å². The first-order valence-electron chi connectivity index (χ1n) is 5.46. The predicted molar refractivity (Wildman–Crippen MR) is 71.4 cm³/mol. The molecule has 1 aromatic carbocycles. The maximum Gasteiger partial charge on any atom is 0.151 e. The summed E-state index contributed by atoms with van der Waals surface area (Å²) < 4.78 is 2.40. The fraction of sp³-hybridized carbons (Fsp3) is 0.417. The molecule has 0 spiro atoms. The minimum absolute atomic E-state index is 0.256. The maximum absolute atomic E-state index is 8.80. The van der Waals surface area contributed by atoms with Crippen LogP contribution in [0, 0.1) is 0 Å². The van der Waals surface area contributed by atoms with E-state index in [2.05, 4.69) is 30.1 Å². The lowest BCUT2D eigenvalue weighted by atomic mass is 10.1. The molecule has 1 heterocycles. The van der Waals surface area contributed by atoms with Gasteiger partial charge >= 0.3 is 0 Å². The Bertz CT molecular complexity index is 467. The van der Waals surface area contributed by atoms with E-state index >= 15 is 0 Å². The first kappa shape index (κ1) is 11.9. The van der Waals surface area contributed by atoms with E-state index in [0.717, 1.165) is 28.5 Å². The smallest absolute Gasteiger partial charge is 0.151 e. The standard InChI is InChI=1S/C12H15NOS2/c1-2-15-12-13-10-8-9(4-3-7-14)5-6-11(10)16-12/h5-6,8,14H,2-4,7H2,1H3. The molecule has 0 aliphatic heterocycles. The highest BCUT2D eigenvalue weighted by atomic mass is 32.2. The number of aromatic nitrogens is 1. The third kappa shape index (κ3) is 2.75. The van der Waals surface area contributed by atoms with Crippen molar-refractivity contribution >= 4 is 33.3 Å². The fourth-order valence-electron chi connectivity index (χ4n) is 1.58. The summed E-state index contributed by atoms with van der Waals surface area (Å²) in [5.74, 6) is 1.07. The number of fused-ring (bicyclic) bond motifs is 1. The van der Waals surface area contributed by atoms with Crippen molar-refractivity contribution in [2.45, 2.75) is 24.1 Å². The molecule has 0 amide bonds. The summed E-state index contributed by atoms with van der Waals surface area (Å²) in [4.78, 5) is 4.59. The zero-order valence-electron chi connectivity index (χ0n) is 9.27. The largest absolute Gasteiger partial charge is 0.396 e. The molecule has 0 fully saturated rings. The molecule has 1 aromatic heterocycles. The van der Waals surface area contributed by atoms with Crippen LogP contribution in [0.15, 0.2) is 22.5 Å². The summed E-state index contributed by atoms with van der Waals surface area (Å²) in [7, 11) is 0. The van der Waals surface area contributed by atoms with Crippen molar-refractivity contribution < 1.29 is 5.11 Å². The fourth-order valence-corrected chi connectivity index (χ4v) is 3.52. The van der Waals surface area contributed by atoms with Crippen molar-refractivity contribution in [3.05, 3.63) is 23.8 Å². The third-order valence-electron chi connectivity index (χ3n) is 2.32. The van der Waals surface area contributed by atoms with Crippen LogP contribution in [0.2, 0.25) is 0 Å². The van der Waals surface area contributed by atoms with Gasteiger partial charge in [-0.2, -0.15) is 0 Å². The van der Waals surface area contributed by atoms with E-state index in [9.17, 15) is 0 Å². The normalized spacial score (nSPS) is 11.1. The molecule has 0 aliphatic carbocycles. The van der Waals surface area contributed by atoms with Crippen LogP contribution < -0.4 is 0 Å². The van der Waals surface area contributed by atoms with Crippen molar-refractivity contribution in [3.8, 4) is 0 Å². The molecule has 16 heavy (non-hydrogen) atoms. The van der Waals surface area contributed by atoms with E-state index in [-0.39, 0.29) is 6.61 Å². The highest BCUT2D eigenvalue weighted by Crippen LogP contribution is 2.29. The van der Waals surface area contributed by atoms with Gasteiger partial charge in [-0.25, -0.2) is 4.98 Å². The van der Waals surface area contributed by atoms with Gasteiger partial charge in [0.1, 0.15) is 0 Å². The van der Waals surface area contributed by atoms with Gasteiger partial charge in [0.05, 0.1) is 10.2 Å². The number of thiazole rings is 1. The number of hydrogen-bond acceptors (Lipinski definition) is 4. The number of aryl methyl sites for hydroxylation is 1. The molecule has 0 saturated carbocycles. The molecule has 0 bridgehead atoms. The summed E-state index contributed by atoms with van der Waals surface area (Å²) in [6.45, 7) is 2.40. The molecule has 2 nitrogen and oxygen atoms in total. The van der Waals surface area contributed by atoms with E-state index in [1.807, 2.05) is 0 Å². The lowest BCUT2D eigenvalue weighted by Gasteiger charge is -1.98. The van der Waals surface area contributed by atoms with Crippen molar-refractivity contribution in [3.63, 3.8) is 0 Å². The van der Waals surface area contributed by atoms with Gasteiger partial charge in [0.15, 0.2) is 4.34 Å². The number of aliphatic hydroxyl groups excluding tert-OH is 1. The molecule has 2 aromatic rings. The summed E-state index contributed by atoms with van der Waals surface area (Å²) in [6.07, 6.45) is 1.76. The minimum atomic E-state index is 0.256. The van der Waals surface area contributed by atoms with Crippen LogP contribution >= 0.6 is 23.1 Å². The second-order valence-electron chi connectivity index (χ2n) is 3.54. The zero-order valence-corrected chi connectivity index (χ0v) is 10.9. The minimum Gasteiger partial charge on any atom is -0.396 e. The topological polar surface area (TPSA) is 33.1 Å². The Balaban J connectivity index is 2.23. The van der Waals surface area contributed by atoms with Gasteiger partial charge < -0.3 is 5.11 Å². The summed E-state index contributed by atoms with van der Waals surface area (Å²) in [5.41, 5.74) is 2.36. The summed E-state index contributed by atoms with van der Waals surface area (Å²) in [6, 6.07) is 6.41. The molecular formula is C12H15NOS2. The van der Waals surface area contributed by atoms with E-state index in [0.29, 0.717) is 0 Å². The lowest BCUT2D eigenvalue weighted by molar-refractivity contribution is 0.288. The lowest BCUT2D eigenvalue weighted by Crippen LogP contribution is -1.88. The maximum atomic E-state index is 8.80. The Kier molecular flexibility index (Phi) is 4.21. The van der Waals surface area contributed by atoms with Crippen molar-refractivity contribution in [1.82, 2.24) is 4.98 Å². The number of benzene rings is 1. The third-order valence-corrected chi connectivity index (χ3v) is 4.39. The first-order valence-corrected chi connectivity index (χ1v) is 7.27. The van der Waals surface area contributed by atoms with Crippen LogP contribution in [0.1, 0.15) is 18.9 Å². The van der Waals surface area contributed by atoms with Crippen LogP contribution in [-0.4, -0.2) is 22.5 Å². The highest BCUT2D eigenvalue weighted by Gasteiger charge is 2.04. The van der Waals surface area contributed by atoms with Crippen molar-refractivity contribution in [1.29, 1.82) is 0 Å². The predicted octanol–water partition coefficient (Wildman–Crippen LogP) is 3.33. The Hall–Kier alpha value is -0.580. The molecule has 0 atom stereocenters. The molecule has 0 aliphatic rings. The van der Waals surface area contributed by atoms with Gasteiger partial charge in [-0.1, -0.05) is 24.8 Å². The van der Waals surface area contributed by atoms with Crippen LogP contribution in [-0.2, 0) is 6.42 Å². The van der Waals surface area contributed by atoms with Crippen LogP contribution in [0.3, 0.4) is 0 Å². The molecule has 4 heteroatoms. The molecule has 0 unspecified atom stereocenters. The zero-order chi connectivity index (χ0) is 11.4. The van der Waals surface area contributed by atoms with Gasteiger partial charge in [0.25, 0.3) is 0 Å². The molecule has 86 valence electrons. The number of thioether (sulfide) groups is 1. The van der Waals surface area contributed by atoms with Crippen LogP contribution in [0.25, 0.3) is 10.2 Å². The average Bonchev–Trinajstić information content (AvgIpc) is 2.68. The summed E-state index contributed by atoms with van der Waals surface area (Å²) >= 11 is 3.55. The quantitative estimate of drug-likeness (QED) is 0.830. The van der Waals surface area contributed by atoms with E-state index in [1.165, 1.54) is 10.3 Å². The van der Waals surface area contributed by atoms with E-state index in [4.69, 9.17) is 5.11 Å². The SMILES string of the molecule is CCSc1nc2cc(CCCO)ccc2s1. The first-order chi connectivity index (χ1) is 7.83. The Labute approximate surface area is 104 Å². The van der Waals surface area contributed by atoms with Gasteiger partial charge in [-0.3, -0.25) is 0 Å². The molecule has 0 saturated heterocycles. The van der Waals surface area contributed by atoms with Crippen molar-refractivity contribution in [2.24, 2.45) is 0 Å². The average molecular weight is 253 g/mol. The van der Waals surface area contributed by atoms with Gasteiger partial charge in [-0.05, 0) is 36.3 Å². The van der Waals surface area contributed by atoms with Crippen molar-refractivity contribution in [2.75, 3.05) is 12.4 Å². The number of nitrogens with zero attached hydrogens (tertiary/aromatic N) is 1. The molecule has 1 N–H and O–H groups in total. The number of rotatable bonds is 5. The second-order valence-corrected chi connectivity index (χ2v) is 6.08. The van der Waals surface area contributed by atoms with E-state index in [1.54, 1.807) is 23.1 Å². The van der Waals surface area contributed by atoms with Crippen LogP contribution in [0.4, 0.5) is 0 Å². The Morgan fingerprint density at radius 2 is 2.31 bits per heavy atom. The van der Waals surface area contributed by atoms with Crippen LogP contribution in [0.5, 0.6) is 0 Å². The van der Waals surface area contributed by atoms with Gasteiger partial charge in [-0.15, -0.1) is 11.3 Å². The number of aliphatic hydroxyl groups is 1. The van der Waals surface area contributed by atoms with E-state index < -0.39 is 0 Å². The molecule has 0 radical (unpaired) electrons. The molecule has 2 rings (SSSR count). The summed E-state index contributed by atoms with van der Waals surface area (Å²) in [5, 5.41) is 8.80. The van der Waals surface area contributed by atoms with Gasteiger partial charge in [0, 0.05) is 6.61 Å². The second kappa shape index (κ2) is 5.66. The molecular weight excluding hydrogens is 238 g/mol. The monoisotopic (exact) mass is 253 g/mol.